The lowest BCUT2D eigenvalue weighted by Gasteiger charge is -2.42. The van der Waals surface area contributed by atoms with E-state index in [4.69, 9.17) is 14.2 Å². The highest BCUT2D eigenvalue weighted by molar-refractivity contribution is 5.79. The Hall–Kier alpha value is -2.20. The van der Waals surface area contributed by atoms with Crippen molar-refractivity contribution in [2.24, 2.45) is 0 Å². The summed E-state index contributed by atoms with van der Waals surface area (Å²) >= 11 is 0. The Morgan fingerprint density at radius 3 is 2.28 bits per heavy atom. The summed E-state index contributed by atoms with van der Waals surface area (Å²) < 4.78 is 16.3. The molecule has 7 N–H and O–H groups in total. The molecule has 1 saturated heterocycles. The van der Waals surface area contributed by atoms with Crippen molar-refractivity contribution in [1.29, 1.82) is 0 Å². The highest BCUT2D eigenvalue weighted by atomic mass is 16.7. The number of amides is 3. The zero-order valence-corrected chi connectivity index (χ0v) is 20.9. The molecule has 1 heterocycles. The highest BCUT2D eigenvalue weighted by Gasteiger charge is 2.45. The van der Waals surface area contributed by atoms with E-state index in [-0.39, 0.29) is 50.5 Å². The Morgan fingerprint density at radius 1 is 0.889 bits per heavy atom. The van der Waals surface area contributed by atoms with E-state index in [1.165, 1.54) is 13.8 Å². The van der Waals surface area contributed by atoms with Gasteiger partial charge in [-0.25, -0.2) is 0 Å². The fourth-order valence-corrected chi connectivity index (χ4v) is 3.34. The Balaban J connectivity index is 2.10. The van der Waals surface area contributed by atoms with Crippen molar-refractivity contribution in [3.63, 3.8) is 0 Å². The second-order valence-electron chi connectivity index (χ2n) is 8.35. The van der Waals surface area contributed by atoms with Gasteiger partial charge >= 0.3 is 0 Å². The standard InChI is InChI=1S/C22H40N4O10/c1-14(28)4-3-5-17(30)24-7-6-23-12-18(31)25-8-9-34-10-11-35-22-19(26-15(2)29)21(33)20(32)16(13-27)36-22/h16,19-23,27,32-33H,3-13H2,1-2H3,(H,24,30)(H,25,31)(H,26,29). The average molecular weight is 521 g/mol. The van der Waals surface area contributed by atoms with Gasteiger partial charge in [0.2, 0.25) is 17.7 Å². The zero-order valence-electron chi connectivity index (χ0n) is 20.9. The van der Waals surface area contributed by atoms with E-state index in [0.717, 1.165) is 0 Å². The maximum atomic E-state index is 11.8. The van der Waals surface area contributed by atoms with Crippen LogP contribution in [0.4, 0.5) is 0 Å². The molecule has 0 radical (unpaired) electrons. The number of carbonyl (C=O) groups excluding carboxylic acids is 4. The summed E-state index contributed by atoms with van der Waals surface area (Å²) in [7, 11) is 0. The van der Waals surface area contributed by atoms with Gasteiger partial charge in [0, 0.05) is 39.4 Å². The van der Waals surface area contributed by atoms with Gasteiger partial charge in [-0.15, -0.1) is 0 Å². The number of hydrogen-bond acceptors (Lipinski definition) is 11. The molecule has 36 heavy (non-hydrogen) atoms. The number of ketones is 1. The van der Waals surface area contributed by atoms with Crippen molar-refractivity contribution in [2.75, 3.05) is 52.6 Å². The molecule has 0 saturated carbocycles. The molecule has 1 aliphatic rings. The fraction of sp³-hybridized carbons (Fsp3) is 0.818. The lowest BCUT2D eigenvalue weighted by molar-refractivity contribution is -0.272. The van der Waals surface area contributed by atoms with E-state index in [2.05, 4.69) is 21.3 Å². The molecule has 0 aliphatic carbocycles. The van der Waals surface area contributed by atoms with Crippen molar-refractivity contribution < 1.29 is 48.7 Å². The summed E-state index contributed by atoms with van der Waals surface area (Å²) in [5.41, 5.74) is 0. The molecule has 0 aromatic carbocycles. The number of hydrogen-bond donors (Lipinski definition) is 7. The van der Waals surface area contributed by atoms with Gasteiger partial charge < -0.3 is 55.6 Å². The third kappa shape index (κ3) is 13.2. The van der Waals surface area contributed by atoms with Crippen LogP contribution < -0.4 is 21.3 Å². The van der Waals surface area contributed by atoms with Gasteiger partial charge in [-0.3, -0.25) is 14.4 Å². The number of ether oxygens (including phenoxy) is 3. The zero-order chi connectivity index (χ0) is 26.9. The Morgan fingerprint density at radius 2 is 1.61 bits per heavy atom. The highest BCUT2D eigenvalue weighted by Crippen LogP contribution is 2.22. The number of rotatable bonds is 18. The van der Waals surface area contributed by atoms with E-state index in [9.17, 15) is 34.5 Å². The van der Waals surface area contributed by atoms with Crippen molar-refractivity contribution in [3.8, 4) is 0 Å². The first kappa shape index (κ1) is 31.8. The van der Waals surface area contributed by atoms with Crippen LogP contribution in [0.3, 0.4) is 0 Å². The summed E-state index contributed by atoms with van der Waals surface area (Å²) in [6, 6.07) is -1.02. The van der Waals surface area contributed by atoms with Crippen LogP contribution in [-0.4, -0.2) is 122 Å². The SMILES string of the molecule is CC(=O)CCCC(=O)NCCNCC(=O)NCCOCCOC1OC(CO)C(O)C(O)C1NC(C)=O. The van der Waals surface area contributed by atoms with Crippen LogP contribution in [0, 0.1) is 0 Å². The number of aliphatic hydroxyl groups is 3. The Labute approximate surface area is 210 Å². The number of nitrogens with one attached hydrogen (secondary N) is 4. The molecular formula is C22H40N4O10. The van der Waals surface area contributed by atoms with Crippen molar-refractivity contribution >= 4 is 23.5 Å². The first-order chi connectivity index (χ1) is 17.1. The molecule has 0 spiro atoms. The van der Waals surface area contributed by atoms with Gasteiger partial charge in [0.1, 0.15) is 30.1 Å². The second-order valence-corrected chi connectivity index (χ2v) is 8.35. The Kier molecular flexibility index (Phi) is 16.0. The molecule has 0 aromatic rings. The maximum Gasteiger partial charge on any atom is 0.234 e. The third-order valence-electron chi connectivity index (χ3n) is 5.17. The summed E-state index contributed by atoms with van der Waals surface area (Å²) in [5, 5.41) is 40.2. The van der Waals surface area contributed by atoms with Crippen LogP contribution in [0.1, 0.15) is 33.1 Å². The lowest BCUT2D eigenvalue weighted by Crippen LogP contribution is -2.64. The maximum absolute atomic E-state index is 11.8. The van der Waals surface area contributed by atoms with E-state index in [0.29, 0.717) is 32.4 Å². The lowest BCUT2D eigenvalue weighted by atomic mass is 9.97. The topological polar surface area (TPSA) is 205 Å². The summed E-state index contributed by atoms with van der Waals surface area (Å²) in [5.74, 6) is -0.761. The fourth-order valence-electron chi connectivity index (χ4n) is 3.34. The van der Waals surface area contributed by atoms with Crippen LogP contribution in [0.15, 0.2) is 0 Å². The quantitative estimate of drug-likeness (QED) is 0.0885. The van der Waals surface area contributed by atoms with Gasteiger partial charge in [0.15, 0.2) is 6.29 Å². The molecule has 3 amide bonds. The number of Topliss-reactive ketones (excluding diaryl/α,β-unsaturated/α-hetero) is 1. The summed E-state index contributed by atoms with van der Waals surface area (Å²) in [6.45, 7) is 3.72. The van der Waals surface area contributed by atoms with Crippen LogP contribution in [-0.2, 0) is 33.4 Å². The van der Waals surface area contributed by atoms with Crippen molar-refractivity contribution in [2.45, 2.75) is 63.8 Å². The Bertz CT molecular complexity index is 696. The van der Waals surface area contributed by atoms with E-state index in [1.54, 1.807) is 0 Å². The molecule has 14 heteroatoms. The van der Waals surface area contributed by atoms with Gasteiger partial charge in [0.05, 0.1) is 33.0 Å². The molecule has 208 valence electrons. The number of aliphatic hydroxyl groups excluding tert-OH is 3. The van der Waals surface area contributed by atoms with E-state index < -0.39 is 43.2 Å². The molecule has 5 atom stereocenters. The largest absolute Gasteiger partial charge is 0.394 e. The predicted octanol–water partition coefficient (Wildman–Crippen LogP) is -3.46. The molecule has 0 aromatic heterocycles. The molecule has 1 rings (SSSR count). The van der Waals surface area contributed by atoms with Gasteiger partial charge in [-0.1, -0.05) is 0 Å². The monoisotopic (exact) mass is 520 g/mol. The first-order valence-corrected chi connectivity index (χ1v) is 12.0. The van der Waals surface area contributed by atoms with Gasteiger partial charge in [-0.05, 0) is 13.3 Å². The molecule has 0 bridgehead atoms. The smallest absolute Gasteiger partial charge is 0.234 e. The van der Waals surface area contributed by atoms with Crippen LogP contribution in [0.25, 0.3) is 0 Å². The normalized spacial score (nSPS) is 23.6. The minimum Gasteiger partial charge on any atom is -0.394 e. The van der Waals surface area contributed by atoms with Crippen LogP contribution in [0.5, 0.6) is 0 Å². The van der Waals surface area contributed by atoms with Crippen LogP contribution in [0.2, 0.25) is 0 Å². The molecular weight excluding hydrogens is 480 g/mol. The molecule has 1 aliphatic heterocycles. The van der Waals surface area contributed by atoms with Crippen molar-refractivity contribution in [3.05, 3.63) is 0 Å². The summed E-state index contributed by atoms with van der Waals surface area (Å²) in [6.07, 6.45) is -3.72. The second kappa shape index (κ2) is 18.1. The van der Waals surface area contributed by atoms with Crippen molar-refractivity contribution in [1.82, 2.24) is 21.3 Å². The summed E-state index contributed by atoms with van der Waals surface area (Å²) in [4.78, 5) is 45.6. The van der Waals surface area contributed by atoms with E-state index in [1.807, 2.05) is 0 Å². The molecule has 1 fully saturated rings. The van der Waals surface area contributed by atoms with Gasteiger partial charge in [-0.2, -0.15) is 0 Å². The minimum atomic E-state index is -1.39. The van der Waals surface area contributed by atoms with Crippen LogP contribution >= 0.6 is 0 Å². The van der Waals surface area contributed by atoms with E-state index >= 15 is 0 Å². The molecule has 14 nitrogen and oxygen atoms in total. The number of carbonyl (C=O) groups is 4. The molecule has 5 unspecified atom stereocenters. The average Bonchev–Trinajstić information content (AvgIpc) is 2.81. The third-order valence-corrected chi connectivity index (χ3v) is 5.17. The predicted molar refractivity (Wildman–Crippen MR) is 126 cm³/mol. The van der Waals surface area contributed by atoms with Gasteiger partial charge in [0.25, 0.3) is 0 Å². The first-order valence-electron chi connectivity index (χ1n) is 12.0. The minimum absolute atomic E-state index is 0.0394.